The summed E-state index contributed by atoms with van der Waals surface area (Å²) in [5, 5.41) is 20.5. The molecule has 0 heterocycles. The molecule has 0 aliphatic rings. The molecule has 5 atom stereocenters. The van der Waals surface area contributed by atoms with Gasteiger partial charge in [-0.05, 0) is 67.4 Å². The van der Waals surface area contributed by atoms with E-state index in [2.05, 4.69) is 31.3 Å². The van der Waals surface area contributed by atoms with Gasteiger partial charge in [0, 0.05) is 25.9 Å². The Morgan fingerprint density at radius 2 is 1.07 bits per heavy atom. The van der Waals surface area contributed by atoms with Gasteiger partial charge in [0.1, 0.15) is 29.9 Å². The highest BCUT2D eigenvalue weighted by Gasteiger charge is 2.32. The molecule has 0 bridgehead atoms. The second kappa shape index (κ2) is 23.9. The number of benzene rings is 2. The van der Waals surface area contributed by atoms with E-state index in [1.165, 1.54) is 23.9 Å². The summed E-state index contributed by atoms with van der Waals surface area (Å²) in [5.41, 5.74) is 34.7. The molecule has 0 aliphatic heterocycles. The van der Waals surface area contributed by atoms with Crippen molar-refractivity contribution < 1.29 is 29.1 Å². The number of rotatable bonds is 24. The molecule has 0 saturated carbocycles. The summed E-state index contributed by atoms with van der Waals surface area (Å²) >= 11 is 1.52. The summed E-state index contributed by atoms with van der Waals surface area (Å²) in [6, 6.07) is 9.36. The molecule has 54 heavy (non-hydrogen) atoms. The number of aromatic hydroxyl groups is 1. The van der Waals surface area contributed by atoms with Crippen molar-refractivity contribution in [3.8, 4) is 5.75 Å². The molecule has 0 fully saturated rings. The minimum Gasteiger partial charge on any atom is -0.508 e. The molecule has 2 rings (SSSR count). The molecule has 0 radical (unpaired) electrons. The number of hydrogen-bond donors (Lipinski definition) is 11. The van der Waals surface area contributed by atoms with Crippen LogP contribution < -0.4 is 55.7 Å². The van der Waals surface area contributed by atoms with E-state index in [4.69, 9.17) is 34.4 Å². The smallest absolute Gasteiger partial charge is 0.243 e. The zero-order chi connectivity index (χ0) is 40.0. The molecule has 19 heteroatoms. The predicted octanol–water partition coefficient (Wildman–Crippen LogP) is -2.21. The van der Waals surface area contributed by atoms with Crippen LogP contribution in [0.5, 0.6) is 5.75 Å². The van der Waals surface area contributed by atoms with Gasteiger partial charge < -0.3 is 60.8 Å². The van der Waals surface area contributed by atoms with Crippen LogP contribution in [0.15, 0.2) is 64.6 Å². The van der Waals surface area contributed by atoms with Gasteiger partial charge in [0.05, 0.1) is 6.04 Å². The van der Waals surface area contributed by atoms with Crippen molar-refractivity contribution in [3.05, 3.63) is 65.7 Å². The van der Waals surface area contributed by atoms with Gasteiger partial charge in [-0.15, -0.1) is 0 Å². The van der Waals surface area contributed by atoms with E-state index in [1.54, 1.807) is 42.5 Å². The number of carbonyl (C=O) groups excluding carboxylic acids is 5. The number of guanidine groups is 2. The Morgan fingerprint density at radius 1 is 0.630 bits per heavy atom. The van der Waals surface area contributed by atoms with Crippen LogP contribution in [-0.2, 0) is 36.8 Å². The Morgan fingerprint density at radius 3 is 1.57 bits per heavy atom. The SMILES string of the molecule is CSCC[C@H](N)C(=O)N[C@@H](Cc1ccc(O)cc1)C(=O)N[C@H](CCCN=C(N)N)C(=O)N[C@@H](Cc1ccccc1)C(=O)N[C@@H](CCCN=C(N)N)C(N)=O. The minimum absolute atomic E-state index is 0.00612. The Balaban J connectivity index is 2.39. The molecular weight excluding hydrogens is 717 g/mol. The highest BCUT2D eigenvalue weighted by molar-refractivity contribution is 7.98. The van der Waals surface area contributed by atoms with Gasteiger partial charge in [0.15, 0.2) is 11.9 Å². The molecule has 0 aromatic heterocycles. The number of nitrogens with one attached hydrogen (secondary N) is 4. The van der Waals surface area contributed by atoms with Crippen LogP contribution in [0.25, 0.3) is 0 Å². The lowest BCUT2D eigenvalue weighted by Crippen LogP contribution is -2.59. The number of phenols is 1. The van der Waals surface area contributed by atoms with E-state index in [-0.39, 0.29) is 62.9 Å². The van der Waals surface area contributed by atoms with Gasteiger partial charge in [-0.3, -0.25) is 34.0 Å². The summed E-state index contributed by atoms with van der Waals surface area (Å²) in [6.45, 7) is 0.333. The highest BCUT2D eigenvalue weighted by Crippen LogP contribution is 2.13. The third kappa shape index (κ3) is 17.3. The van der Waals surface area contributed by atoms with Gasteiger partial charge in [0.2, 0.25) is 29.5 Å². The normalized spacial score (nSPS) is 13.5. The molecule has 18 nitrogen and oxygen atoms in total. The molecule has 2 aromatic rings. The minimum atomic E-state index is -1.23. The number of nitrogens with two attached hydrogens (primary N) is 6. The first kappa shape index (κ1) is 44.6. The quantitative estimate of drug-likeness (QED) is 0.0308. The zero-order valence-corrected chi connectivity index (χ0v) is 31.2. The van der Waals surface area contributed by atoms with E-state index >= 15 is 0 Å². The van der Waals surface area contributed by atoms with Crippen molar-refractivity contribution in [2.24, 2.45) is 44.4 Å². The van der Waals surface area contributed by atoms with Gasteiger partial charge in [-0.2, -0.15) is 11.8 Å². The van der Waals surface area contributed by atoms with E-state index in [1.807, 2.05) is 6.26 Å². The monoisotopic (exact) mass is 770 g/mol. The Bertz CT molecular complexity index is 1570. The van der Waals surface area contributed by atoms with Crippen LogP contribution in [-0.4, -0.2) is 102 Å². The van der Waals surface area contributed by atoms with E-state index in [9.17, 15) is 29.1 Å². The third-order valence-electron chi connectivity index (χ3n) is 8.08. The van der Waals surface area contributed by atoms with Crippen LogP contribution >= 0.6 is 11.8 Å². The maximum atomic E-state index is 14.0. The number of carbonyl (C=O) groups is 5. The number of primary amides is 1. The molecule has 17 N–H and O–H groups in total. The summed E-state index contributed by atoms with van der Waals surface area (Å²) < 4.78 is 0. The average Bonchev–Trinajstić information content (AvgIpc) is 3.13. The molecular formula is C35H54N12O6S. The number of hydrogen-bond acceptors (Lipinski definition) is 10. The van der Waals surface area contributed by atoms with Crippen LogP contribution in [0.3, 0.4) is 0 Å². The second-order valence-electron chi connectivity index (χ2n) is 12.5. The Labute approximate surface area is 319 Å². The van der Waals surface area contributed by atoms with Crippen molar-refractivity contribution in [2.45, 2.75) is 75.2 Å². The summed E-state index contributed by atoms with van der Waals surface area (Å²) in [6.07, 6.45) is 3.03. The first-order chi connectivity index (χ1) is 25.7. The topological polar surface area (TPSA) is 335 Å². The maximum absolute atomic E-state index is 14.0. The fourth-order valence-corrected chi connectivity index (χ4v) is 5.66. The van der Waals surface area contributed by atoms with Gasteiger partial charge in [0.25, 0.3) is 0 Å². The van der Waals surface area contributed by atoms with Crippen LogP contribution in [0.2, 0.25) is 0 Å². The van der Waals surface area contributed by atoms with Crippen LogP contribution in [0, 0.1) is 0 Å². The summed E-state index contributed by atoms with van der Waals surface area (Å²) in [4.78, 5) is 74.8. The molecule has 0 unspecified atom stereocenters. The van der Waals surface area contributed by atoms with Crippen molar-refractivity contribution in [1.82, 2.24) is 21.3 Å². The first-order valence-electron chi connectivity index (χ1n) is 17.4. The van der Waals surface area contributed by atoms with Crippen LogP contribution in [0.1, 0.15) is 43.2 Å². The lowest BCUT2D eigenvalue weighted by Gasteiger charge is -2.27. The fourth-order valence-electron chi connectivity index (χ4n) is 5.17. The molecule has 0 aliphatic carbocycles. The molecule has 2 aromatic carbocycles. The van der Waals surface area contributed by atoms with Crippen LogP contribution in [0.4, 0.5) is 0 Å². The average molecular weight is 771 g/mol. The standard InChI is InChI=1S/C35H54N12O6S/c1-54-18-15-24(36)30(50)46-27(20-22-11-13-23(48)14-12-22)33(53)45-26(10-6-17-43-35(40)41)31(51)47-28(19-21-7-3-2-4-8-21)32(52)44-25(29(37)49)9-5-16-42-34(38)39/h2-4,7-8,11-14,24-28,48H,5-6,9-10,15-20,36H2,1H3,(H2,37,49)(H,44,52)(H,45,53)(H,46,50)(H,47,51)(H4,38,39,42)(H4,40,41,43)/t24-,25-,26+,27-,28-/m0/s1. The first-order valence-corrected chi connectivity index (χ1v) is 18.8. The number of amides is 5. The van der Waals surface area contributed by atoms with E-state index in [0.29, 0.717) is 29.7 Å². The lowest BCUT2D eigenvalue weighted by atomic mass is 10.0. The molecule has 296 valence electrons. The Kier molecular flexibility index (Phi) is 19.7. The van der Waals surface area contributed by atoms with Gasteiger partial charge in [-0.1, -0.05) is 42.5 Å². The third-order valence-corrected chi connectivity index (χ3v) is 8.72. The van der Waals surface area contributed by atoms with E-state index < -0.39 is 59.7 Å². The zero-order valence-electron chi connectivity index (χ0n) is 30.4. The van der Waals surface area contributed by atoms with Crippen molar-refractivity contribution in [2.75, 3.05) is 25.1 Å². The van der Waals surface area contributed by atoms with Crippen molar-refractivity contribution >= 4 is 53.2 Å². The van der Waals surface area contributed by atoms with E-state index in [0.717, 1.165) is 0 Å². The molecule has 0 spiro atoms. The number of phenolic OH excluding ortho intramolecular Hbond substituents is 1. The number of thioether (sulfide) groups is 1. The Hall–Kier alpha value is -5.56. The van der Waals surface area contributed by atoms with Gasteiger partial charge in [-0.25, -0.2) is 0 Å². The number of aliphatic imine (C=N–C) groups is 2. The highest BCUT2D eigenvalue weighted by atomic mass is 32.2. The fraction of sp³-hybridized carbons (Fsp3) is 0.457. The molecule has 0 saturated heterocycles. The largest absolute Gasteiger partial charge is 0.508 e. The number of nitrogens with zero attached hydrogens (tertiary/aromatic N) is 2. The van der Waals surface area contributed by atoms with Crippen molar-refractivity contribution in [3.63, 3.8) is 0 Å². The second-order valence-corrected chi connectivity index (χ2v) is 13.5. The molecule has 5 amide bonds. The van der Waals surface area contributed by atoms with Crippen molar-refractivity contribution in [1.29, 1.82) is 0 Å². The summed E-state index contributed by atoms with van der Waals surface area (Å²) in [7, 11) is 0. The summed E-state index contributed by atoms with van der Waals surface area (Å²) in [5.74, 6) is -3.11. The van der Waals surface area contributed by atoms with Gasteiger partial charge >= 0.3 is 0 Å². The predicted molar refractivity (Wildman–Crippen MR) is 210 cm³/mol. The maximum Gasteiger partial charge on any atom is 0.243 e. The lowest BCUT2D eigenvalue weighted by molar-refractivity contribution is -0.134.